The predicted molar refractivity (Wildman–Crippen MR) is 108 cm³/mol. The second kappa shape index (κ2) is 7.54. The van der Waals surface area contributed by atoms with Crippen molar-refractivity contribution in [3.8, 4) is 0 Å². The van der Waals surface area contributed by atoms with Crippen molar-refractivity contribution < 1.29 is 18.0 Å². The molecule has 1 amide bonds. The molecule has 0 bridgehead atoms. The summed E-state index contributed by atoms with van der Waals surface area (Å²) >= 11 is 0. The summed E-state index contributed by atoms with van der Waals surface area (Å²) in [5, 5.41) is 3.91. The molecular weight excluding hydrogens is 379 g/mol. The topological polar surface area (TPSA) is 44.7 Å². The molecule has 1 atom stereocenters. The first-order chi connectivity index (χ1) is 13.5. The number of hydrogen-bond donors (Lipinski definition) is 1. The van der Waals surface area contributed by atoms with Gasteiger partial charge in [-0.15, -0.1) is 0 Å². The second-order valence-corrected chi connectivity index (χ2v) is 8.07. The van der Waals surface area contributed by atoms with Gasteiger partial charge >= 0.3 is 6.18 Å². The Morgan fingerprint density at radius 2 is 1.97 bits per heavy atom. The number of hydrogen-bond acceptors (Lipinski definition) is 3. The van der Waals surface area contributed by atoms with Gasteiger partial charge in [0, 0.05) is 23.8 Å². The number of nitrogens with one attached hydrogen (secondary N) is 1. The first kappa shape index (κ1) is 20.9. The monoisotopic (exact) mass is 403 g/mol. The number of carbonyl (C=O) groups is 1. The Kier molecular flexibility index (Phi) is 5.43. The first-order valence-electron chi connectivity index (χ1n) is 9.37. The van der Waals surface area contributed by atoms with Gasteiger partial charge in [0.2, 0.25) is 0 Å². The maximum absolute atomic E-state index is 12.8. The average Bonchev–Trinajstić information content (AvgIpc) is 2.65. The minimum atomic E-state index is -4.50. The fraction of sp³-hybridized carbons (Fsp3) is 0.364. The molecule has 0 unspecified atom stereocenters. The van der Waals surface area contributed by atoms with Gasteiger partial charge in [0.05, 0.1) is 11.8 Å². The Hall–Kier alpha value is -2.83. The van der Waals surface area contributed by atoms with E-state index in [1.54, 1.807) is 0 Å². The SMILES string of the molecule is C[C@@H]1CC(C)(C)N(C)c2ccc(/C=N\NC(=O)c3cccc(C(F)(F)F)c3)cc21. The van der Waals surface area contributed by atoms with Crippen molar-refractivity contribution >= 4 is 17.8 Å². The van der Waals surface area contributed by atoms with Crippen LogP contribution in [0.2, 0.25) is 0 Å². The van der Waals surface area contributed by atoms with Crippen LogP contribution in [0.3, 0.4) is 0 Å². The molecule has 3 rings (SSSR count). The van der Waals surface area contributed by atoms with Crippen LogP contribution in [0.15, 0.2) is 47.6 Å². The standard InChI is InChI=1S/C22H24F3N3O/c1-14-12-21(2,3)28(4)19-9-8-15(10-18(14)19)13-26-27-20(29)16-6-5-7-17(11-16)22(23,24)25/h5-11,13-14H,12H2,1-4H3,(H,27,29)/b26-13-/t14-/m1/s1. The Balaban J connectivity index is 1.73. The van der Waals surface area contributed by atoms with E-state index in [2.05, 4.69) is 43.2 Å². The highest BCUT2D eigenvalue weighted by Crippen LogP contribution is 2.42. The zero-order valence-electron chi connectivity index (χ0n) is 16.8. The van der Waals surface area contributed by atoms with Crippen molar-refractivity contribution in [2.24, 2.45) is 5.10 Å². The lowest BCUT2D eigenvalue weighted by Gasteiger charge is -2.45. The van der Waals surface area contributed by atoms with Crippen LogP contribution >= 0.6 is 0 Å². The molecule has 0 aliphatic carbocycles. The summed E-state index contributed by atoms with van der Waals surface area (Å²) in [4.78, 5) is 14.4. The van der Waals surface area contributed by atoms with Crippen LogP contribution in [0, 0.1) is 0 Å². The zero-order chi connectivity index (χ0) is 21.4. The third-order valence-corrected chi connectivity index (χ3v) is 5.49. The summed E-state index contributed by atoms with van der Waals surface area (Å²) < 4.78 is 38.4. The summed E-state index contributed by atoms with van der Waals surface area (Å²) in [6.45, 7) is 6.61. The van der Waals surface area contributed by atoms with Crippen LogP contribution in [-0.2, 0) is 6.18 Å². The minimum absolute atomic E-state index is 0.0704. The molecule has 0 aromatic heterocycles. The fourth-order valence-electron chi connectivity index (χ4n) is 3.74. The van der Waals surface area contributed by atoms with Crippen LogP contribution in [0.25, 0.3) is 0 Å². The maximum atomic E-state index is 12.8. The molecule has 4 nitrogen and oxygen atoms in total. The number of rotatable bonds is 3. The number of benzene rings is 2. The molecule has 29 heavy (non-hydrogen) atoms. The molecule has 0 radical (unpaired) electrons. The number of carbonyl (C=O) groups excluding carboxylic acids is 1. The van der Waals surface area contributed by atoms with Crippen LogP contribution in [0.4, 0.5) is 18.9 Å². The van der Waals surface area contributed by atoms with Gasteiger partial charge in [-0.05, 0) is 67.6 Å². The van der Waals surface area contributed by atoms with E-state index in [9.17, 15) is 18.0 Å². The molecule has 0 saturated carbocycles. The van der Waals surface area contributed by atoms with Gasteiger partial charge in [-0.3, -0.25) is 4.79 Å². The fourth-order valence-corrected chi connectivity index (χ4v) is 3.74. The normalized spacial score (nSPS) is 18.6. The van der Waals surface area contributed by atoms with E-state index < -0.39 is 17.6 Å². The first-order valence-corrected chi connectivity index (χ1v) is 9.37. The third kappa shape index (κ3) is 4.44. The van der Waals surface area contributed by atoms with Crippen LogP contribution in [0.5, 0.6) is 0 Å². The highest BCUT2D eigenvalue weighted by Gasteiger charge is 2.34. The lowest BCUT2D eigenvalue weighted by Crippen LogP contribution is -2.45. The molecule has 1 aliphatic rings. The largest absolute Gasteiger partial charge is 0.416 e. The van der Waals surface area contributed by atoms with E-state index in [1.807, 2.05) is 18.2 Å². The number of hydrazone groups is 1. The van der Waals surface area contributed by atoms with E-state index in [0.29, 0.717) is 5.92 Å². The lowest BCUT2D eigenvalue weighted by atomic mass is 9.80. The Labute approximate surface area is 168 Å². The molecule has 2 aromatic carbocycles. The van der Waals surface area contributed by atoms with Gasteiger partial charge in [0.15, 0.2) is 0 Å². The van der Waals surface area contributed by atoms with Gasteiger partial charge in [0.1, 0.15) is 0 Å². The molecule has 154 valence electrons. The average molecular weight is 403 g/mol. The smallest absolute Gasteiger partial charge is 0.369 e. The molecule has 1 N–H and O–H groups in total. The van der Waals surface area contributed by atoms with Crippen LogP contribution < -0.4 is 10.3 Å². The van der Waals surface area contributed by atoms with E-state index in [-0.39, 0.29) is 11.1 Å². The molecule has 1 heterocycles. The van der Waals surface area contributed by atoms with Gasteiger partial charge in [-0.2, -0.15) is 18.3 Å². The molecule has 1 aliphatic heterocycles. The van der Waals surface area contributed by atoms with Gasteiger partial charge in [0.25, 0.3) is 5.91 Å². The Bertz CT molecular complexity index is 951. The number of alkyl halides is 3. The lowest BCUT2D eigenvalue weighted by molar-refractivity contribution is -0.137. The summed E-state index contributed by atoms with van der Waals surface area (Å²) in [6.07, 6.45) is -1.98. The van der Waals surface area contributed by atoms with E-state index in [0.717, 1.165) is 24.1 Å². The molecular formula is C22H24F3N3O. The number of nitrogens with zero attached hydrogens (tertiary/aromatic N) is 2. The highest BCUT2D eigenvalue weighted by atomic mass is 19.4. The van der Waals surface area contributed by atoms with Crippen molar-refractivity contribution in [3.63, 3.8) is 0 Å². The van der Waals surface area contributed by atoms with Crippen molar-refractivity contribution in [3.05, 3.63) is 64.7 Å². The second-order valence-electron chi connectivity index (χ2n) is 8.07. The summed E-state index contributed by atoms with van der Waals surface area (Å²) in [7, 11) is 2.08. The summed E-state index contributed by atoms with van der Waals surface area (Å²) in [5.41, 5.74) is 4.58. The number of amides is 1. The van der Waals surface area contributed by atoms with Crippen molar-refractivity contribution in [1.82, 2.24) is 5.43 Å². The van der Waals surface area contributed by atoms with Crippen LogP contribution in [0.1, 0.15) is 60.2 Å². The zero-order valence-corrected chi connectivity index (χ0v) is 16.8. The van der Waals surface area contributed by atoms with Crippen molar-refractivity contribution in [2.75, 3.05) is 11.9 Å². The minimum Gasteiger partial charge on any atom is -0.369 e. The molecule has 0 saturated heterocycles. The van der Waals surface area contributed by atoms with E-state index in [1.165, 1.54) is 29.6 Å². The van der Waals surface area contributed by atoms with Gasteiger partial charge in [-0.25, -0.2) is 5.43 Å². The summed E-state index contributed by atoms with van der Waals surface area (Å²) in [5.74, 6) is -0.315. The number of fused-ring (bicyclic) bond motifs is 1. The Morgan fingerprint density at radius 3 is 2.66 bits per heavy atom. The summed E-state index contributed by atoms with van der Waals surface area (Å²) in [6, 6.07) is 10.2. The van der Waals surface area contributed by atoms with E-state index in [4.69, 9.17) is 0 Å². The van der Waals surface area contributed by atoms with Gasteiger partial charge in [-0.1, -0.05) is 19.1 Å². The highest BCUT2D eigenvalue weighted by molar-refractivity contribution is 5.95. The Morgan fingerprint density at radius 1 is 1.24 bits per heavy atom. The maximum Gasteiger partial charge on any atom is 0.416 e. The van der Waals surface area contributed by atoms with E-state index >= 15 is 0 Å². The molecule has 0 fully saturated rings. The number of halogens is 3. The van der Waals surface area contributed by atoms with Crippen LogP contribution in [-0.4, -0.2) is 24.7 Å². The third-order valence-electron chi connectivity index (χ3n) is 5.49. The molecule has 7 heteroatoms. The predicted octanol–water partition coefficient (Wildman–Crippen LogP) is 5.19. The number of anilines is 1. The molecule has 0 spiro atoms. The quantitative estimate of drug-likeness (QED) is 0.566. The molecule has 2 aromatic rings. The van der Waals surface area contributed by atoms with Crippen molar-refractivity contribution in [1.29, 1.82) is 0 Å². The van der Waals surface area contributed by atoms with Crippen molar-refractivity contribution in [2.45, 2.75) is 44.8 Å². The van der Waals surface area contributed by atoms with Gasteiger partial charge < -0.3 is 4.90 Å².